The summed E-state index contributed by atoms with van der Waals surface area (Å²) in [6, 6.07) is 5.42. The molecule has 0 fully saturated rings. The second kappa shape index (κ2) is 4.74. The van der Waals surface area contributed by atoms with Crippen LogP contribution in [0.5, 0.6) is 0 Å². The Morgan fingerprint density at radius 1 is 1.44 bits per heavy atom. The highest BCUT2D eigenvalue weighted by atomic mass is 32.2. The molecule has 0 aliphatic carbocycles. The number of carboxylic acid groups (broad SMARTS) is 1. The standard InChI is InChI=1S/C13H15NO3S/c1-8(15)9-2-3-11-10(6-9)7-13(14,12(16)17)4-5-18-11/h2-3,6H,4-5,7,14H2,1H3,(H,16,17). The third kappa shape index (κ3) is 2.42. The van der Waals surface area contributed by atoms with Gasteiger partial charge in [-0.1, -0.05) is 6.07 Å². The van der Waals surface area contributed by atoms with E-state index in [1.165, 1.54) is 6.92 Å². The predicted molar refractivity (Wildman–Crippen MR) is 70.0 cm³/mol. The van der Waals surface area contributed by atoms with Crippen molar-refractivity contribution < 1.29 is 14.7 Å². The lowest BCUT2D eigenvalue weighted by Gasteiger charge is -2.22. The molecule has 0 amide bonds. The molecule has 0 saturated heterocycles. The van der Waals surface area contributed by atoms with Crippen LogP contribution in [0.3, 0.4) is 0 Å². The Balaban J connectivity index is 2.43. The number of carbonyl (C=O) groups is 2. The highest BCUT2D eigenvalue weighted by Gasteiger charge is 2.36. The molecule has 18 heavy (non-hydrogen) atoms. The fourth-order valence-electron chi connectivity index (χ4n) is 2.03. The summed E-state index contributed by atoms with van der Waals surface area (Å²) < 4.78 is 0. The van der Waals surface area contributed by atoms with Crippen molar-refractivity contribution in [1.29, 1.82) is 0 Å². The molecule has 4 nitrogen and oxygen atoms in total. The van der Waals surface area contributed by atoms with E-state index in [0.717, 1.165) is 10.5 Å². The maximum Gasteiger partial charge on any atom is 0.324 e. The molecular weight excluding hydrogens is 250 g/mol. The third-order valence-electron chi connectivity index (χ3n) is 3.20. The van der Waals surface area contributed by atoms with Gasteiger partial charge in [0.15, 0.2) is 5.78 Å². The first-order chi connectivity index (χ1) is 8.42. The van der Waals surface area contributed by atoms with Crippen molar-refractivity contribution in [2.24, 2.45) is 5.73 Å². The van der Waals surface area contributed by atoms with E-state index in [1.807, 2.05) is 6.07 Å². The van der Waals surface area contributed by atoms with Crippen LogP contribution in [-0.2, 0) is 11.2 Å². The summed E-state index contributed by atoms with van der Waals surface area (Å²) in [5.74, 6) is -0.330. The molecule has 1 aromatic carbocycles. The van der Waals surface area contributed by atoms with Crippen LogP contribution < -0.4 is 5.73 Å². The largest absolute Gasteiger partial charge is 0.480 e. The summed E-state index contributed by atoms with van der Waals surface area (Å²) in [5.41, 5.74) is 6.17. The van der Waals surface area contributed by atoms with Gasteiger partial charge in [-0.3, -0.25) is 9.59 Å². The number of carbonyl (C=O) groups excluding carboxylic acids is 1. The van der Waals surface area contributed by atoms with Crippen LogP contribution >= 0.6 is 11.8 Å². The summed E-state index contributed by atoms with van der Waals surface area (Å²) in [4.78, 5) is 23.6. The number of ketones is 1. The quantitative estimate of drug-likeness (QED) is 0.796. The molecule has 1 unspecified atom stereocenters. The monoisotopic (exact) mass is 265 g/mol. The lowest BCUT2D eigenvalue weighted by Crippen LogP contribution is -2.50. The van der Waals surface area contributed by atoms with Crippen LogP contribution in [0.1, 0.15) is 29.3 Å². The molecule has 1 atom stereocenters. The number of carboxylic acids is 1. The van der Waals surface area contributed by atoms with E-state index in [9.17, 15) is 14.7 Å². The normalized spacial score (nSPS) is 23.0. The van der Waals surface area contributed by atoms with E-state index in [2.05, 4.69) is 0 Å². The van der Waals surface area contributed by atoms with Crippen molar-refractivity contribution >= 4 is 23.5 Å². The number of hydrogen-bond donors (Lipinski definition) is 2. The SMILES string of the molecule is CC(=O)c1ccc2c(c1)CC(N)(C(=O)O)CCS2. The van der Waals surface area contributed by atoms with Gasteiger partial charge >= 0.3 is 5.97 Å². The minimum Gasteiger partial charge on any atom is -0.480 e. The number of Topliss-reactive ketones (excluding diaryl/α,β-unsaturated/α-hetero) is 1. The third-order valence-corrected chi connectivity index (χ3v) is 4.32. The Kier molecular flexibility index (Phi) is 3.45. The maximum atomic E-state index is 11.4. The van der Waals surface area contributed by atoms with Gasteiger partial charge in [0.2, 0.25) is 0 Å². The van der Waals surface area contributed by atoms with Crippen molar-refractivity contribution in [1.82, 2.24) is 0 Å². The Hall–Kier alpha value is -1.33. The van der Waals surface area contributed by atoms with E-state index in [4.69, 9.17) is 5.73 Å². The highest BCUT2D eigenvalue weighted by Crippen LogP contribution is 2.33. The molecule has 5 heteroatoms. The van der Waals surface area contributed by atoms with Gasteiger partial charge in [-0.25, -0.2) is 0 Å². The number of rotatable bonds is 2. The smallest absolute Gasteiger partial charge is 0.324 e. The molecule has 1 aliphatic heterocycles. The van der Waals surface area contributed by atoms with Crippen molar-refractivity contribution in [2.75, 3.05) is 5.75 Å². The van der Waals surface area contributed by atoms with Crippen LogP contribution in [0.15, 0.2) is 23.1 Å². The van der Waals surface area contributed by atoms with Gasteiger partial charge in [0, 0.05) is 22.6 Å². The summed E-state index contributed by atoms with van der Waals surface area (Å²) in [6.07, 6.45) is 0.697. The van der Waals surface area contributed by atoms with Crippen molar-refractivity contribution in [3.63, 3.8) is 0 Å². The fourth-order valence-corrected chi connectivity index (χ4v) is 3.20. The van der Waals surface area contributed by atoms with Gasteiger partial charge in [-0.05, 0) is 31.0 Å². The molecule has 1 aromatic rings. The number of nitrogens with two attached hydrogens (primary N) is 1. The predicted octanol–water partition coefficient (Wildman–Crippen LogP) is 1.71. The first-order valence-corrected chi connectivity index (χ1v) is 6.70. The molecule has 0 bridgehead atoms. The number of fused-ring (bicyclic) bond motifs is 1. The molecule has 96 valence electrons. The van der Waals surface area contributed by atoms with E-state index in [0.29, 0.717) is 17.7 Å². The van der Waals surface area contributed by atoms with Crippen LogP contribution in [-0.4, -0.2) is 28.2 Å². The van der Waals surface area contributed by atoms with Gasteiger partial charge in [0.25, 0.3) is 0 Å². The van der Waals surface area contributed by atoms with E-state index in [1.54, 1.807) is 23.9 Å². The summed E-state index contributed by atoms with van der Waals surface area (Å²) in [5, 5.41) is 9.23. The van der Waals surface area contributed by atoms with Gasteiger partial charge in [0.1, 0.15) is 5.54 Å². The summed E-state index contributed by atoms with van der Waals surface area (Å²) >= 11 is 1.60. The van der Waals surface area contributed by atoms with Crippen molar-refractivity contribution in [3.8, 4) is 0 Å². The summed E-state index contributed by atoms with van der Waals surface area (Å²) in [7, 11) is 0. The Morgan fingerprint density at radius 2 is 2.17 bits per heavy atom. The molecule has 0 radical (unpaired) electrons. The van der Waals surface area contributed by atoms with Crippen LogP contribution in [0.2, 0.25) is 0 Å². The number of thioether (sulfide) groups is 1. The highest BCUT2D eigenvalue weighted by molar-refractivity contribution is 7.99. The second-order valence-electron chi connectivity index (χ2n) is 4.62. The fraction of sp³-hybridized carbons (Fsp3) is 0.385. The van der Waals surface area contributed by atoms with Gasteiger partial charge in [0.05, 0.1) is 0 Å². The van der Waals surface area contributed by atoms with E-state index < -0.39 is 11.5 Å². The Bertz CT molecular complexity index is 515. The van der Waals surface area contributed by atoms with Crippen LogP contribution in [0.4, 0.5) is 0 Å². The lowest BCUT2D eigenvalue weighted by molar-refractivity contribution is -0.143. The average Bonchev–Trinajstić information content (AvgIpc) is 2.47. The minimum absolute atomic E-state index is 0.0232. The second-order valence-corrected chi connectivity index (χ2v) is 5.75. The molecule has 1 aliphatic rings. The topological polar surface area (TPSA) is 80.4 Å². The average molecular weight is 265 g/mol. The molecule has 0 aromatic heterocycles. The van der Waals surface area contributed by atoms with E-state index in [-0.39, 0.29) is 12.2 Å². The van der Waals surface area contributed by atoms with E-state index >= 15 is 0 Å². The zero-order valence-electron chi connectivity index (χ0n) is 10.1. The molecule has 0 saturated carbocycles. The van der Waals surface area contributed by atoms with Crippen LogP contribution in [0, 0.1) is 0 Å². The van der Waals surface area contributed by atoms with Gasteiger partial charge < -0.3 is 10.8 Å². The molecule has 1 heterocycles. The van der Waals surface area contributed by atoms with Gasteiger partial charge in [-0.15, -0.1) is 11.8 Å². The number of aliphatic carboxylic acids is 1. The first kappa shape index (κ1) is 13.1. The molecule has 3 N–H and O–H groups in total. The molecule has 0 spiro atoms. The minimum atomic E-state index is -1.23. The molecular formula is C13H15NO3S. The zero-order valence-corrected chi connectivity index (χ0v) is 10.9. The summed E-state index contributed by atoms with van der Waals surface area (Å²) in [6.45, 7) is 1.50. The lowest BCUT2D eigenvalue weighted by atomic mass is 9.88. The van der Waals surface area contributed by atoms with Crippen molar-refractivity contribution in [2.45, 2.75) is 30.2 Å². The van der Waals surface area contributed by atoms with Crippen molar-refractivity contribution in [3.05, 3.63) is 29.3 Å². The number of benzene rings is 1. The zero-order chi connectivity index (χ0) is 13.3. The maximum absolute atomic E-state index is 11.4. The van der Waals surface area contributed by atoms with Crippen LogP contribution in [0.25, 0.3) is 0 Å². The first-order valence-electron chi connectivity index (χ1n) is 5.71. The Morgan fingerprint density at radius 3 is 2.78 bits per heavy atom. The number of hydrogen-bond acceptors (Lipinski definition) is 4. The Labute approximate surface area is 110 Å². The van der Waals surface area contributed by atoms with Gasteiger partial charge in [-0.2, -0.15) is 0 Å². The molecule has 2 rings (SSSR count).